The summed E-state index contributed by atoms with van der Waals surface area (Å²) in [5.41, 5.74) is 2.16. The molecular weight excluding hydrogens is 402 g/mol. The Morgan fingerprint density at radius 1 is 1.13 bits per heavy atom. The van der Waals surface area contributed by atoms with Gasteiger partial charge < -0.3 is 15.3 Å². The van der Waals surface area contributed by atoms with Gasteiger partial charge in [-0.05, 0) is 43.0 Å². The summed E-state index contributed by atoms with van der Waals surface area (Å²) in [6.07, 6.45) is 1.52. The van der Waals surface area contributed by atoms with Gasteiger partial charge in [0.15, 0.2) is 0 Å². The maximum absolute atomic E-state index is 12.9. The Kier molecular flexibility index (Phi) is 5.86. The van der Waals surface area contributed by atoms with Gasteiger partial charge in [-0.3, -0.25) is 29.3 Å². The molecule has 3 unspecified atom stereocenters. The van der Waals surface area contributed by atoms with Crippen LogP contribution in [0.1, 0.15) is 47.2 Å². The predicted molar refractivity (Wildman–Crippen MR) is 108 cm³/mol. The van der Waals surface area contributed by atoms with E-state index in [1.165, 1.54) is 4.90 Å². The number of hydrogen-bond donors (Lipinski definition) is 3. The number of carbonyl (C=O) groups excluding carboxylic acids is 4. The van der Waals surface area contributed by atoms with Gasteiger partial charge in [0.05, 0.1) is 5.92 Å². The molecule has 3 atom stereocenters. The van der Waals surface area contributed by atoms with Gasteiger partial charge in [0.1, 0.15) is 11.8 Å². The number of piperidine rings is 2. The van der Waals surface area contributed by atoms with E-state index in [0.717, 1.165) is 11.1 Å². The third-order valence-corrected chi connectivity index (χ3v) is 6.53. The van der Waals surface area contributed by atoms with Crippen molar-refractivity contribution in [3.8, 4) is 0 Å². The second-order valence-electron chi connectivity index (χ2n) is 8.35. The summed E-state index contributed by atoms with van der Waals surface area (Å²) in [6.45, 7) is 1.21. The molecule has 31 heavy (non-hydrogen) atoms. The van der Waals surface area contributed by atoms with Gasteiger partial charge in [-0.2, -0.15) is 0 Å². The zero-order chi connectivity index (χ0) is 22.1. The number of hydrogen-bond acceptors (Lipinski definition) is 6. The van der Waals surface area contributed by atoms with Crippen LogP contribution in [-0.2, 0) is 32.1 Å². The van der Waals surface area contributed by atoms with Crippen molar-refractivity contribution < 1.29 is 29.1 Å². The van der Waals surface area contributed by atoms with Gasteiger partial charge in [0, 0.05) is 37.4 Å². The maximum atomic E-state index is 12.9. The molecule has 0 radical (unpaired) electrons. The molecule has 1 aromatic carbocycles. The third-order valence-electron chi connectivity index (χ3n) is 6.53. The van der Waals surface area contributed by atoms with Crippen LogP contribution in [0.3, 0.4) is 0 Å². The number of carbonyl (C=O) groups is 5. The van der Waals surface area contributed by atoms with E-state index in [-0.39, 0.29) is 37.0 Å². The quantitative estimate of drug-likeness (QED) is 0.555. The number of amides is 3. The summed E-state index contributed by atoms with van der Waals surface area (Å²) in [4.78, 5) is 62.3. The number of nitrogens with zero attached hydrogens (tertiary/aromatic N) is 1. The van der Waals surface area contributed by atoms with Gasteiger partial charge in [0.25, 0.3) is 5.91 Å². The van der Waals surface area contributed by atoms with Gasteiger partial charge in [-0.1, -0.05) is 12.1 Å². The first-order chi connectivity index (χ1) is 14.9. The van der Waals surface area contributed by atoms with Crippen LogP contribution in [0, 0.1) is 11.8 Å². The highest BCUT2D eigenvalue weighted by atomic mass is 16.4. The molecule has 9 heteroatoms. The van der Waals surface area contributed by atoms with E-state index in [4.69, 9.17) is 0 Å². The first-order valence-electron chi connectivity index (χ1n) is 10.6. The Labute approximate surface area is 179 Å². The number of carboxylic acid groups (broad SMARTS) is 1. The molecule has 2 fully saturated rings. The van der Waals surface area contributed by atoms with Crippen molar-refractivity contribution in [1.29, 1.82) is 0 Å². The van der Waals surface area contributed by atoms with E-state index >= 15 is 0 Å². The lowest BCUT2D eigenvalue weighted by Gasteiger charge is -2.29. The smallest absolute Gasteiger partial charge is 0.307 e. The highest BCUT2D eigenvalue weighted by molar-refractivity contribution is 6.05. The Morgan fingerprint density at radius 3 is 2.68 bits per heavy atom. The number of aryl methyl sites for hydroxylation is 1. The van der Waals surface area contributed by atoms with E-state index in [9.17, 15) is 29.1 Å². The molecule has 164 valence electrons. The normalized spacial score (nSPS) is 25.9. The standard InChI is InChI=1S/C22H25N3O6/c26-18(15-10-23-9-8-14(15)22(30)31)6-4-12-2-1-3-13-16(12)11-25(21(13)29)17-5-7-19(27)24-20(17)28/h1-3,14-15,17,23H,4-11H2,(H,30,31)(H,24,27,28). The van der Waals surface area contributed by atoms with Gasteiger partial charge in [-0.15, -0.1) is 0 Å². The van der Waals surface area contributed by atoms with Crippen molar-refractivity contribution in [2.24, 2.45) is 11.8 Å². The van der Waals surface area contributed by atoms with E-state index in [1.807, 2.05) is 6.07 Å². The minimum Gasteiger partial charge on any atom is -0.481 e. The van der Waals surface area contributed by atoms with E-state index < -0.39 is 29.8 Å². The summed E-state index contributed by atoms with van der Waals surface area (Å²) in [7, 11) is 0. The van der Waals surface area contributed by atoms with Crippen LogP contribution in [0.25, 0.3) is 0 Å². The maximum Gasteiger partial charge on any atom is 0.307 e. The van der Waals surface area contributed by atoms with Crippen LogP contribution >= 0.6 is 0 Å². The minimum absolute atomic E-state index is 0.0939. The Balaban J connectivity index is 1.46. The number of fused-ring (bicyclic) bond motifs is 1. The first kappa shape index (κ1) is 21.2. The summed E-state index contributed by atoms with van der Waals surface area (Å²) in [6, 6.07) is 4.64. The molecule has 2 saturated heterocycles. The van der Waals surface area contributed by atoms with Crippen LogP contribution in [0.15, 0.2) is 18.2 Å². The lowest BCUT2D eigenvalue weighted by Crippen LogP contribution is -2.52. The lowest BCUT2D eigenvalue weighted by molar-refractivity contribution is -0.147. The Bertz CT molecular complexity index is 959. The zero-order valence-electron chi connectivity index (χ0n) is 17.1. The molecule has 9 nitrogen and oxygen atoms in total. The SMILES string of the molecule is O=C1CCC(N2Cc3c(CCC(=O)C4CNCCC4C(=O)O)cccc3C2=O)C(=O)N1. The highest BCUT2D eigenvalue weighted by Crippen LogP contribution is 2.31. The molecular formula is C22H25N3O6. The topological polar surface area (TPSA) is 133 Å². The second-order valence-corrected chi connectivity index (χ2v) is 8.35. The minimum atomic E-state index is -0.939. The van der Waals surface area contributed by atoms with Crippen LogP contribution in [0.2, 0.25) is 0 Å². The third kappa shape index (κ3) is 4.10. The average molecular weight is 427 g/mol. The van der Waals surface area contributed by atoms with E-state index in [2.05, 4.69) is 10.6 Å². The zero-order valence-corrected chi connectivity index (χ0v) is 17.1. The van der Waals surface area contributed by atoms with Crippen LogP contribution < -0.4 is 10.6 Å². The number of carboxylic acids is 1. The molecule has 0 bridgehead atoms. The lowest BCUT2D eigenvalue weighted by atomic mass is 9.81. The van der Waals surface area contributed by atoms with Crippen molar-refractivity contribution in [3.05, 3.63) is 34.9 Å². The number of benzene rings is 1. The van der Waals surface area contributed by atoms with Gasteiger partial charge >= 0.3 is 5.97 Å². The number of rotatable bonds is 6. The molecule has 3 aliphatic rings. The molecule has 3 N–H and O–H groups in total. The van der Waals surface area contributed by atoms with Gasteiger partial charge in [0.2, 0.25) is 11.8 Å². The monoisotopic (exact) mass is 427 g/mol. The number of imide groups is 1. The fourth-order valence-corrected chi connectivity index (χ4v) is 4.82. The van der Waals surface area contributed by atoms with Crippen molar-refractivity contribution in [2.75, 3.05) is 13.1 Å². The van der Waals surface area contributed by atoms with Crippen LogP contribution in [0.5, 0.6) is 0 Å². The number of nitrogens with one attached hydrogen (secondary N) is 2. The molecule has 0 spiro atoms. The first-order valence-corrected chi connectivity index (χ1v) is 10.6. The molecule has 3 amide bonds. The summed E-state index contributed by atoms with van der Waals surface area (Å²) < 4.78 is 0. The Hall–Kier alpha value is -3.07. The summed E-state index contributed by atoms with van der Waals surface area (Å²) in [5, 5.41) is 14.8. The Morgan fingerprint density at radius 2 is 1.94 bits per heavy atom. The van der Waals surface area contributed by atoms with Gasteiger partial charge in [-0.25, -0.2) is 0 Å². The number of ketones is 1. The predicted octanol–water partition coefficient (Wildman–Crippen LogP) is 0.260. The average Bonchev–Trinajstić information content (AvgIpc) is 3.09. The van der Waals surface area contributed by atoms with Crippen molar-refractivity contribution in [2.45, 2.75) is 44.7 Å². The molecule has 0 aromatic heterocycles. The van der Waals surface area contributed by atoms with Crippen LogP contribution in [0.4, 0.5) is 0 Å². The highest BCUT2D eigenvalue weighted by Gasteiger charge is 2.40. The second kappa shape index (κ2) is 8.58. The molecule has 3 aliphatic heterocycles. The van der Waals surface area contributed by atoms with Crippen molar-refractivity contribution in [1.82, 2.24) is 15.5 Å². The molecule has 3 heterocycles. The fourth-order valence-electron chi connectivity index (χ4n) is 4.82. The molecule has 4 rings (SSSR count). The largest absolute Gasteiger partial charge is 0.481 e. The van der Waals surface area contributed by atoms with Crippen molar-refractivity contribution in [3.63, 3.8) is 0 Å². The van der Waals surface area contributed by atoms with E-state index in [1.54, 1.807) is 12.1 Å². The molecule has 0 saturated carbocycles. The molecule has 1 aromatic rings. The van der Waals surface area contributed by atoms with Crippen molar-refractivity contribution >= 4 is 29.5 Å². The summed E-state index contributed by atoms with van der Waals surface area (Å²) in [5.74, 6) is -3.29. The number of aliphatic carboxylic acids is 1. The van der Waals surface area contributed by atoms with Crippen LogP contribution in [-0.4, -0.2) is 58.6 Å². The molecule has 0 aliphatic carbocycles. The number of Topliss-reactive ketones (excluding diaryl/α,β-unsaturated/α-hetero) is 1. The summed E-state index contributed by atoms with van der Waals surface area (Å²) >= 11 is 0. The van der Waals surface area contributed by atoms with E-state index in [0.29, 0.717) is 37.9 Å². The fraction of sp³-hybridized carbons (Fsp3) is 0.500.